The molecule has 1 aromatic carbocycles. The van der Waals surface area contributed by atoms with E-state index < -0.39 is 0 Å². The zero-order valence-corrected chi connectivity index (χ0v) is 23.2. The van der Waals surface area contributed by atoms with Crippen LogP contribution in [0.1, 0.15) is 13.8 Å². The molecule has 0 aliphatic rings. The molecule has 0 aliphatic carbocycles. The van der Waals surface area contributed by atoms with Crippen molar-refractivity contribution in [2.75, 3.05) is 20.6 Å². The summed E-state index contributed by atoms with van der Waals surface area (Å²) in [5.74, 6) is 0. The van der Waals surface area contributed by atoms with Crippen LogP contribution in [0.25, 0.3) is 46.1 Å². The minimum absolute atomic E-state index is 0.745. The van der Waals surface area contributed by atoms with Crippen molar-refractivity contribution in [3.05, 3.63) is 119 Å². The van der Waals surface area contributed by atoms with Gasteiger partial charge in [-0.3, -0.25) is 10.1 Å². The maximum atomic E-state index is 4.59. The predicted molar refractivity (Wildman–Crippen MR) is 165 cm³/mol. The number of rotatable bonds is 10. The maximum absolute atomic E-state index is 4.59. The van der Waals surface area contributed by atoms with Gasteiger partial charge in [0.15, 0.2) is 0 Å². The van der Waals surface area contributed by atoms with Crippen LogP contribution in [0.2, 0.25) is 0 Å². The summed E-state index contributed by atoms with van der Waals surface area (Å²) in [5.41, 5.74) is 9.02. The van der Waals surface area contributed by atoms with Crippen molar-refractivity contribution < 1.29 is 0 Å². The van der Waals surface area contributed by atoms with Gasteiger partial charge in [0.1, 0.15) is 5.69 Å². The number of fused-ring (bicyclic) bond motifs is 1. The van der Waals surface area contributed by atoms with Crippen molar-refractivity contribution in [3.8, 4) is 22.5 Å². The number of benzene rings is 1. The third-order valence-electron chi connectivity index (χ3n) is 6.44. The molecule has 0 bridgehead atoms. The number of aromatic nitrogens is 4. The highest BCUT2D eigenvalue weighted by molar-refractivity contribution is 5.97. The minimum Gasteiger partial charge on any atom is -0.358 e. The standard InChI is InChI=1S/C33H36N6/c1-8-25(19-27(9-2)35-23(4)21-39(6)7)22(3)13-14-30-24(5)33(38-37-30)32-20-29-28(11-10-12-31(29)36-32)26-15-17-34-18-16-26/h8-20,35-37H,2,4-5,21H2,1,3,6-7H3/b22-13+,25-8+,27-19+,30-14+. The van der Waals surface area contributed by atoms with Crippen LogP contribution in [0.5, 0.6) is 0 Å². The molecule has 0 unspecified atom stereocenters. The number of H-pyrrole nitrogens is 2. The van der Waals surface area contributed by atoms with E-state index in [1.807, 2.05) is 51.6 Å². The molecule has 0 aliphatic heterocycles. The largest absolute Gasteiger partial charge is 0.358 e. The molecule has 3 N–H and O–H groups in total. The molecule has 0 radical (unpaired) electrons. The molecule has 4 aromatic rings. The fraction of sp³-hybridized carbons (Fsp3) is 0.152. The van der Waals surface area contributed by atoms with Crippen LogP contribution in [-0.2, 0) is 0 Å². The summed E-state index contributed by atoms with van der Waals surface area (Å²) in [7, 11) is 4.03. The van der Waals surface area contributed by atoms with Crippen LogP contribution in [0, 0.1) is 0 Å². The smallest absolute Gasteiger partial charge is 0.116 e. The highest BCUT2D eigenvalue weighted by atomic mass is 15.1. The molecule has 6 heteroatoms. The Morgan fingerprint density at radius 2 is 1.92 bits per heavy atom. The lowest BCUT2D eigenvalue weighted by molar-refractivity contribution is 0.438. The number of pyridine rings is 1. The van der Waals surface area contributed by atoms with E-state index in [-0.39, 0.29) is 0 Å². The van der Waals surface area contributed by atoms with Crippen LogP contribution in [0.15, 0.2) is 109 Å². The molecule has 4 rings (SSSR count). The molecule has 0 saturated heterocycles. The first-order valence-electron chi connectivity index (χ1n) is 12.9. The fourth-order valence-corrected chi connectivity index (χ4v) is 4.47. The maximum Gasteiger partial charge on any atom is 0.116 e. The average Bonchev–Trinajstić information content (AvgIpc) is 3.52. The molecular formula is C33H36N6. The topological polar surface area (TPSA) is 72.6 Å². The molecule has 0 atom stereocenters. The average molecular weight is 517 g/mol. The summed E-state index contributed by atoms with van der Waals surface area (Å²) in [6, 6.07) is 12.4. The van der Waals surface area contributed by atoms with E-state index in [1.54, 1.807) is 6.08 Å². The SMILES string of the molecule is C=C\C(=C/C(=C\C)C(/C)=C/C=c1/[nH]nc(-c2cc3c(-c4ccncc4)cccc3[nH]2)c1=C)NC(=C)CN(C)C. The van der Waals surface area contributed by atoms with Gasteiger partial charge in [-0.05, 0) is 92.7 Å². The van der Waals surface area contributed by atoms with E-state index in [9.17, 15) is 0 Å². The van der Waals surface area contributed by atoms with Gasteiger partial charge < -0.3 is 15.2 Å². The third-order valence-corrected chi connectivity index (χ3v) is 6.44. The minimum atomic E-state index is 0.745. The highest BCUT2D eigenvalue weighted by Gasteiger charge is 2.11. The lowest BCUT2D eigenvalue weighted by atomic mass is 10.0. The van der Waals surface area contributed by atoms with E-state index in [4.69, 9.17) is 0 Å². The van der Waals surface area contributed by atoms with Crippen molar-refractivity contribution in [1.29, 1.82) is 0 Å². The van der Waals surface area contributed by atoms with Gasteiger partial charge in [0.05, 0.1) is 11.0 Å². The summed E-state index contributed by atoms with van der Waals surface area (Å²) in [6.07, 6.45) is 13.7. The quantitative estimate of drug-likeness (QED) is 0.246. The Balaban J connectivity index is 1.62. The van der Waals surface area contributed by atoms with Crippen molar-refractivity contribution >= 4 is 23.6 Å². The summed E-state index contributed by atoms with van der Waals surface area (Å²) in [5, 5.41) is 13.9. The zero-order chi connectivity index (χ0) is 27.9. The second-order valence-corrected chi connectivity index (χ2v) is 9.68. The Labute approximate surface area is 230 Å². The Hall–Kier alpha value is -4.68. The van der Waals surface area contributed by atoms with E-state index in [0.29, 0.717) is 0 Å². The van der Waals surface area contributed by atoms with E-state index in [0.717, 1.165) is 73.1 Å². The summed E-state index contributed by atoms with van der Waals surface area (Å²) >= 11 is 0. The van der Waals surface area contributed by atoms with Gasteiger partial charge in [0, 0.05) is 46.5 Å². The fourth-order valence-electron chi connectivity index (χ4n) is 4.47. The number of aromatic amines is 2. The summed E-state index contributed by atoms with van der Waals surface area (Å²) < 4.78 is 0. The molecule has 39 heavy (non-hydrogen) atoms. The van der Waals surface area contributed by atoms with Crippen LogP contribution in [0.3, 0.4) is 0 Å². The first-order chi connectivity index (χ1) is 18.8. The van der Waals surface area contributed by atoms with Crippen molar-refractivity contribution in [1.82, 2.24) is 30.4 Å². The number of likely N-dealkylation sites (N-methyl/N-ethyl adjacent to an activating group) is 1. The molecule has 0 amide bonds. The zero-order valence-electron chi connectivity index (χ0n) is 23.2. The van der Waals surface area contributed by atoms with Crippen LogP contribution >= 0.6 is 0 Å². The summed E-state index contributed by atoms with van der Waals surface area (Å²) in [6.45, 7) is 17.2. The molecular weight excluding hydrogens is 480 g/mol. The monoisotopic (exact) mass is 516 g/mol. The molecule has 0 fully saturated rings. The Morgan fingerprint density at radius 3 is 2.62 bits per heavy atom. The van der Waals surface area contributed by atoms with Gasteiger partial charge in [-0.15, -0.1) is 0 Å². The van der Waals surface area contributed by atoms with E-state index in [2.05, 4.69) is 99.5 Å². The van der Waals surface area contributed by atoms with Crippen LogP contribution in [-0.4, -0.2) is 45.7 Å². The van der Waals surface area contributed by atoms with Crippen molar-refractivity contribution in [2.45, 2.75) is 13.8 Å². The second kappa shape index (κ2) is 12.2. The second-order valence-electron chi connectivity index (χ2n) is 9.68. The van der Waals surface area contributed by atoms with Crippen molar-refractivity contribution in [2.24, 2.45) is 0 Å². The molecule has 0 spiro atoms. The lowest BCUT2D eigenvalue weighted by Gasteiger charge is -2.15. The molecule has 3 heterocycles. The van der Waals surface area contributed by atoms with Gasteiger partial charge in [-0.2, -0.15) is 5.10 Å². The van der Waals surface area contributed by atoms with Gasteiger partial charge in [-0.1, -0.05) is 44.0 Å². The predicted octanol–water partition coefficient (Wildman–Crippen LogP) is 5.44. The third kappa shape index (κ3) is 6.43. The Morgan fingerprint density at radius 1 is 1.15 bits per heavy atom. The number of nitrogens with zero attached hydrogens (tertiary/aromatic N) is 3. The number of nitrogens with one attached hydrogen (secondary N) is 3. The van der Waals surface area contributed by atoms with Crippen LogP contribution < -0.4 is 15.9 Å². The molecule has 3 aromatic heterocycles. The van der Waals surface area contributed by atoms with Crippen molar-refractivity contribution in [3.63, 3.8) is 0 Å². The van der Waals surface area contributed by atoms with Gasteiger partial charge in [0.25, 0.3) is 0 Å². The number of hydrogen-bond donors (Lipinski definition) is 3. The molecule has 6 nitrogen and oxygen atoms in total. The van der Waals surface area contributed by atoms with Gasteiger partial charge in [0.2, 0.25) is 0 Å². The Kier molecular flexibility index (Phi) is 8.59. The van der Waals surface area contributed by atoms with E-state index >= 15 is 0 Å². The first-order valence-corrected chi connectivity index (χ1v) is 12.9. The highest BCUT2D eigenvalue weighted by Crippen LogP contribution is 2.30. The number of allylic oxidation sites excluding steroid dienone is 6. The molecule has 0 saturated carbocycles. The van der Waals surface area contributed by atoms with Crippen LogP contribution in [0.4, 0.5) is 0 Å². The Bertz CT molecular complexity index is 1690. The number of hydrogen-bond acceptors (Lipinski definition) is 4. The van der Waals surface area contributed by atoms with E-state index in [1.165, 1.54) is 0 Å². The lowest BCUT2D eigenvalue weighted by Crippen LogP contribution is -2.23. The van der Waals surface area contributed by atoms with Gasteiger partial charge >= 0.3 is 0 Å². The normalized spacial score (nSPS) is 13.4. The molecule has 198 valence electrons. The first kappa shape index (κ1) is 27.4. The van der Waals surface area contributed by atoms with Gasteiger partial charge in [-0.25, -0.2) is 0 Å². The summed E-state index contributed by atoms with van der Waals surface area (Å²) in [4.78, 5) is 9.73.